The summed E-state index contributed by atoms with van der Waals surface area (Å²) >= 11 is 6.18. The molecule has 1 aliphatic heterocycles. The van der Waals surface area contributed by atoms with E-state index in [0.29, 0.717) is 33.9 Å². The monoisotopic (exact) mass is 511 g/mol. The molecule has 5 nitrogen and oxygen atoms in total. The molecule has 2 aromatic rings. The van der Waals surface area contributed by atoms with Crippen LogP contribution in [0.5, 0.6) is 5.75 Å². The molecule has 1 N–H and O–H groups in total. The predicted octanol–water partition coefficient (Wildman–Crippen LogP) is 7.29. The summed E-state index contributed by atoms with van der Waals surface area (Å²) in [5.74, 6) is -0.0366. The van der Waals surface area contributed by atoms with Crippen molar-refractivity contribution >= 4 is 23.1 Å². The van der Waals surface area contributed by atoms with Gasteiger partial charge in [0.15, 0.2) is 5.78 Å². The Labute approximate surface area is 218 Å². The molecule has 1 aromatic heterocycles. The Morgan fingerprint density at radius 3 is 2.64 bits per heavy atom. The Morgan fingerprint density at radius 1 is 1.31 bits per heavy atom. The van der Waals surface area contributed by atoms with Crippen molar-refractivity contribution in [3.8, 4) is 5.75 Å². The van der Waals surface area contributed by atoms with Crippen LogP contribution >= 0.6 is 11.6 Å². The second kappa shape index (κ2) is 12.3. The van der Waals surface area contributed by atoms with E-state index < -0.39 is 5.95 Å². The minimum Gasteiger partial charge on any atom is -0.493 e. The van der Waals surface area contributed by atoms with E-state index in [-0.39, 0.29) is 30.1 Å². The van der Waals surface area contributed by atoms with Crippen molar-refractivity contribution < 1.29 is 13.9 Å². The van der Waals surface area contributed by atoms with Gasteiger partial charge in [-0.2, -0.15) is 9.49 Å². The van der Waals surface area contributed by atoms with Crippen LogP contribution in [-0.4, -0.2) is 28.3 Å². The van der Waals surface area contributed by atoms with Gasteiger partial charge in [-0.15, -0.1) is 0 Å². The smallest absolute Gasteiger partial charge is 0.218 e. The summed E-state index contributed by atoms with van der Waals surface area (Å²) in [6, 6.07) is 5.47. The van der Waals surface area contributed by atoms with Gasteiger partial charge in [0.2, 0.25) is 5.95 Å². The van der Waals surface area contributed by atoms with Gasteiger partial charge in [0.25, 0.3) is 0 Å². The van der Waals surface area contributed by atoms with Crippen LogP contribution in [-0.2, 0) is 11.2 Å². The van der Waals surface area contributed by atoms with Gasteiger partial charge in [-0.05, 0) is 67.4 Å². The zero-order chi connectivity index (χ0) is 26.4. The number of carbonyl (C=O) groups excluding carboxylic acids is 1. The maximum Gasteiger partial charge on any atom is 0.218 e. The molecule has 0 fully saturated rings. The van der Waals surface area contributed by atoms with Crippen LogP contribution < -0.4 is 4.74 Å². The van der Waals surface area contributed by atoms with Crippen LogP contribution in [0.2, 0.25) is 5.02 Å². The maximum absolute atomic E-state index is 14.4. The number of nitrogens with one attached hydrogen (secondary N) is 1. The Hall–Kier alpha value is -2.99. The fourth-order valence-corrected chi connectivity index (χ4v) is 4.45. The van der Waals surface area contributed by atoms with Crippen LogP contribution in [0, 0.1) is 23.7 Å². The number of nitrogens with zero attached hydrogens (tertiary/aromatic N) is 2. The minimum absolute atomic E-state index is 0.00998. The van der Waals surface area contributed by atoms with E-state index >= 15 is 0 Å². The maximum atomic E-state index is 14.4. The standard InChI is InChI=1S/C29H35ClFN3O2/c1-7-17(4)19(6)24(14-32-27(18(5)8-2)25-15-33-34-29(25)31)23(9-3)28(35)21-12-20-13-22(30)10-11-26(20)36-16-21/h9-11,13-15,17-18,21H,6-8,12,16H2,1-5H3,(H,33,34)/b23-9+,24-14+,32-27?. The third-order valence-corrected chi connectivity index (χ3v) is 7.21. The number of aliphatic imine (C=N–C) groups is 1. The van der Waals surface area contributed by atoms with Gasteiger partial charge in [-0.3, -0.25) is 14.9 Å². The molecule has 3 rings (SSSR count). The fraction of sp³-hybridized carbons (Fsp3) is 0.414. The number of Topliss-reactive ketones (excluding diaryl/α,β-unsaturated/α-hetero) is 1. The second-order valence-electron chi connectivity index (χ2n) is 9.33. The van der Waals surface area contributed by atoms with E-state index in [1.54, 1.807) is 12.3 Å². The molecule has 0 saturated heterocycles. The zero-order valence-electron chi connectivity index (χ0n) is 21.7. The number of H-pyrrole nitrogens is 1. The molecule has 0 aliphatic carbocycles. The molecule has 1 aliphatic rings. The van der Waals surface area contributed by atoms with Crippen molar-refractivity contribution in [3.05, 3.63) is 82.1 Å². The van der Waals surface area contributed by atoms with Crippen LogP contribution in [0.15, 0.2) is 65.0 Å². The number of aromatic amines is 1. The van der Waals surface area contributed by atoms with Gasteiger partial charge in [-0.1, -0.05) is 52.0 Å². The predicted molar refractivity (Wildman–Crippen MR) is 144 cm³/mol. The highest BCUT2D eigenvalue weighted by atomic mass is 35.5. The Kier molecular flexibility index (Phi) is 9.43. The summed E-state index contributed by atoms with van der Waals surface area (Å²) in [5, 5.41) is 6.78. The SMILES string of the molecule is C=C(C(=C\N=C(c1cn[nH]c1F)C(C)CC)/C(=C\C)C(=O)C1COc2ccc(Cl)cc2C1)C(C)CC. The normalized spacial score (nSPS) is 18.3. The number of benzene rings is 1. The molecule has 1 aromatic carbocycles. The summed E-state index contributed by atoms with van der Waals surface area (Å²) in [7, 11) is 0. The van der Waals surface area contributed by atoms with Crippen LogP contribution in [0.25, 0.3) is 0 Å². The van der Waals surface area contributed by atoms with Crippen molar-refractivity contribution in [1.29, 1.82) is 0 Å². The molecule has 0 amide bonds. The summed E-state index contributed by atoms with van der Waals surface area (Å²) in [6.45, 7) is 14.6. The molecule has 2 heterocycles. The number of fused-ring (bicyclic) bond motifs is 1. The number of aromatic nitrogens is 2. The first-order valence-electron chi connectivity index (χ1n) is 12.5. The van der Waals surface area contributed by atoms with E-state index in [4.69, 9.17) is 21.3 Å². The van der Waals surface area contributed by atoms with Crippen LogP contribution in [0.1, 0.15) is 58.6 Å². The second-order valence-corrected chi connectivity index (χ2v) is 9.77. The molecule has 3 unspecified atom stereocenters. The molecular weight excluding hydrogens is 477 g/mol. The molecule has 0 spiro atoms. The summed E-state index contributed by atoms with van der Waals surface area (Å²) in [5.41, 5.74) is 3.85. The summed E-state index contributed by atoms with van der Waals surface area (Å²) in [6.07, 6.45) is 7.10. The lowest BCUT2D eigenvalue weighted by atomic mass is 9.82. The number of hydrogen-bond acceptors (Lipinski definition) is 4. The van der Waals surface area contributed by atoms with Gasteiger partial charge in [0, 0.05) is 22.4 Å². The lowest BCUT2D eigenvalue weighted by Crippen LogP contribution is -2.30. The van der Waals surface area contributed by atoms with E-state index in [2.05, 4.69) is 30.6 Å². The molecular formula is C29H35ClFN3O2. The quantitative estimate of drug-likeness (QED) is 0.207. The van der Waals surface area contributed by atoms with E-state index in [0.717, 1.165) is 29.7 Å². The highest BCUT2D eigenvalue weighted by Crippen LogP contribution is 2.34. The van der Waals surface area contributed by atoms with Crippen molar-refractivity contribution in [2.75, 3.05) is 6.61 Å². The first-order chi connectivity index (χ1) is 17.2. The van der Waals surface area contributed by atoms with Crippen molar-refractivity contribution in [2.24, 2.45) is 22.7 Å². The molecule has 0 radical (unpaired) electrons. The Bertz CT molecular complexity index is 1210. The average Bonchev–Trinajstić information content (AvgIpc) is 3.31. The lowest BCUT2D eigenvalue weighted by Gasteiger charge is -2.27. The number of halogens is 2. The Balaban J connectivity index is 2.03. The molecule has 192 valence electrons. The number of rotatable bonds is 10. The molecule has 0 saturated carbocycles. The van der Waals surface area contributed by atoms with Gasteiger partial charge in [-0.25, -0.2) is 0 Å². The summed E-state index contributed by atoms with van der Waals surface area (Å²) < 4.78 is 20.3. The number of ether oxygens (including phenoxy) is 1. The Morgan fingerprint density at radius 2 is 2.03 bits per heavy atom. The largest absolute Gasteiger partial charge is 0.493 e. The van der Waals surface area contributed by atoms with Gasteiger partial charge in [0.05, 0.1) is 30.0 Å². The number of ketones is 1. The minimum atomic E-state index is -0.524. The highest BCUT2D eigenvalue weighted by Gasteiger charge is 2.30. The van der Waals surface area contributed by atoms with Gasteiger partial charge in [0.1, 0.15) is 5.75 Å². The lowest BCUT2D eigenvalue weighted by molar-refractivity contribution is -0.120. The van der Waals surface area contributed by atoms with E-state index in [1.807, 2.05) is 39.0 Å². The average molecular weight is 512 g/mol. The van der Waals surface area contributed by atoms with Crippen molar-refractivity contribution in [2.45, 2.75) is 53.9 Å². The van der Waals surface area contributed by atoms with Crippen molar-refractivity contribution in [3.63, 3.8) is 0 Å². The first-order valence-corrected chi connectivity index (χ1v) is 12.9. The van der Waals surface area contributed by atoms with Crippen LogP contribution in [0.4, 0.5) is 4.39 Å². The molecule has 3 atom stereocenters. The topological polar surface area (TPSA) is 67.3 Å². The van der Waals surface area contributed by atoms with E-state index in [9.17, 15) is 9.18 Å². The van der Waals surface area contributed by atoms with Crippen LogP contribution in [0.3, 0.4) is 0 Å². The zero-order valence-corrected chi connectivity index (χ0v) is 22.5. The number of carbonyl (C=O) groups is 1. The third kappa shape index (κ3) is 6.04. The molecule has 36 heavy (non-hydrogen) atoms. The molecule has 0 bridgehead atoms. The molecule has 7 heteroatoms. The van der Waals surface area contributed by atoms with Gasteiger partial charge >= 0.3 is 0 Å². The van der Waals surface area contributed by atoms with Gasteiger partial charge < -0.3 is 4.74 Å². The highest BCUT2D eigenvalue weighted by molar-refractivity contribution is 6.30. The third-order valence-electron chi connectivity index (χ3n) is 6.98. The first kappa shape index (κ1) is 27.6. The number of allylic oxidation sites excluding steroid dienone is 4. The van der Waals surface area contributed by atoms with Crippen molar-refractivity contribution in [1.82, 2.24) is 10.2 Å². The summed E-state index contributed by atoms with van der Waals surface area (Å²) in [4.78, 5) is 18.5. The fourth-order valence-electron chi connectivity index (χ4n) is 4.26. The van der Waals surface area contributed by atoms with E-state index in [1.165, 1.54) is 6.20 Å². The number of hydrogen-bond donors (Lipinski definition) is 1.